The van der Waals surface area contributed by atoms with Gasteiger partial charge in [0, 0.05) is 48.5 Å². The van der Waals surface area contributed by atoms with E-state index in [1.807, 2.05) is 13.8 Å². The highest BCUT2D eigenvalue weighted by Crippen LogP contribution is 2.61. The molecule has 10 N–H and O–H groups in total. The Morgan fingerprint density at radius 1 is 1.06 bits per heavy atom. The normalized spacial score (nSPS) is 27.3. The Morgan fingerprint density at radius 2 is 1.74 bits per heavy atom. The van der Waals surface area contributed by atoms with Crippen molar-refractivity contribution in [1.29, 1.82) is 0 Å². The van der Waals surface area contributed by atoms with Crippen LogP contribution < -0.4 is 16.4 Å². The summed E-state index contributed by atoms with van der Waals surface area (Å²) in [4.78, 5) is 111. The van der Waals surface area contributed by atoms with Gasteiger partial charge >= 0.3 is 23.5 Å². The molecule has 4 fully saturated rings. The van der Waals surface area contributed by atoms with E-state index in [0.717, 1.165) is 54.9 Å². The van der Waals surface area contributed by atoms with Crippen molar-refractivity contribution in [3.8, 4) is 0 Å². The van der Waals surface area contributed by atoms with Crippen molar-refractivity contribution in [2.24, 2.45) is 10.4 Å². The Hall–Kier alpha value is -3.15. The van der Waals surface area contributed by atoms with Gasteiger partial charge in [0.2, 0.25) is 16.9 Å². The summed E-state index contributed by atoms with van der Waals surface area (Å²) in [5, 5.41) is 26.2. The molecule has 0 aromatic carbocycles. The highest BCUT2D eigenvalue weighted by molar-refractivity contribution is 8.14. The highest BCUT2D eigenvalue weighted by atomic mass is 32.2. The number of aliphatic imine (C=N–C) groups is 1. The van der Waals surface area contributed by atoms with Gasteiger partial charge in [-0.25, -0.2) is 28.6 Å². The lowest BCUT2D eigenvalue weighted by Gasteiger charge is -2.42. The average Bonchev–Trinajstić information content (AvgIpc) is 3.80. The second-order valence-corrected chi connectivity index (χ2v) is 24.8. The number of rotatable bonds is 22. The number of aromatic nitrogens is 4. The van der Waals surface area contributed by atoms with E-state index in [-0.39, 0.29) is 58.6 Å². The number of hydrogen-bond donors (Lipinski definition) is 9. The number of aliphatic hydroxyl groups excluding tert-OH is 2. The number of phosphoric ester groups is 3. The number of aliphatic hydroxyl groups is 2. The number of phosphoric acid groups is 3. The van der Waals surface area contributed by atoms with Gasteiger partial charge in [-0.15, -0.1) is 11.8 Å². The highest BCUT2D eigenvalue weighted by Gasteiger charge is 2.63. The van der Waals surface area contributed by atoms with E-state index >= 15 is 0 Å². The fourth-order valence-electron chi connectivity index (χ4n) is 7.85. The first kappa shape index (κ1) is 55.2. The van der Waals surface area contributed by atoms with Crippen molar-refractivity contribution in [3.63, 3.8) is 0 Å². The Morgan fingerprint density at radius 3 is 2.42 bits per heavy atom. The molecule has 0 bridgehead atoms. The maximum atomic E-state index is 13.4. The van der Waals surface area contributed by atoms with Crippen LogP contribution in [0.3, 0.4) is 0 Å². The molecule has 4 aliphatic rings. The zero-order chi connectivity index (χ0) is 50.7. The van der Waals surface area contributed by atoms with Crippen molar-refractivity contribution in [2.45, 2.75) is 113 Å². The second-order valence-electron chi connectivity index (χ2n) is 17.7. The van der Waals surface area contributed by atoms with E-state index in [2.05, 4.69) is 44.3 Å². The van der Waals surface area contributed by atoms with Crippen LogP contribution in [0.15, 0.2) is 17.6 Å². The summed E-state index contributed by atoms with van der Waals surface area (Å²) in [6, 6.07) is -1.20. The van der Waals surface area contributed by atoms with Crippen molar-refractivity contribution in [1.82, 2.24) is 40.0 Å². The number of nitrogens with one attached hydrogen (secondary N) is 2. The molecule has 10 atom stereocenters. The van der Waals surface area contributed by atoms with Crippen LogP contribution in [0.25, 0.3) is 11.2 Å². The maximum absolute atomic E-state index is 13.4. The third-order valence-electron chi connectivity index (χ3n) is 11.4. The number of nitrogen functional groups attached to an aromatic ring is 1. The Bertz CT molecular complexity index is 2390. The summed E-state index contributed by atoms with van der Waals surface area (Å²) in [6.07, 6.45) is -0.771. The number of hydrogen-bond acceptors (Lipinski definition) is 21. The number of carbonyl (C=O) groups is 4. The number of ether oxygens (including phenoxy) is 1. The quantitative estimate of drug-likeness (QED) is 0.0246. The number of anilines is 1. The molecule has 0 saturated carbocycles. The zero-order valence-corrected chi connectivity index (χ0v) is 42.1. The minimum absolute atomic E-state index is 0.0237. The molecule has 0 aliphatic carbocycles. The summed E-state index contributed by atoms with van der Waals surface area (Å²) < 4.78 is 62.0. The topological polar surface area (TPSA) is 400 Å². The molecule has 4 saturated heterocycles. The van der Waals surface area contributed by atoms with Crippen molar-refractivity contribution < 1.29 is 85.3 Å². The summed E-state index contributed by atoms with van der Waals surface area (Å²) >= 11 is 2.54. The van der Waals surface area contributed by atoms with E-state index in [0.29, 0.717) is 0 Å². The van der Waals surface area contributed by atoms with Gasteiger partial charge < -0.3 is 60.7 Å². The number of thioether (sulfide) groups is 2. The summed E-state index contributed by atoms with van der Waals surface area (Å²) in [5.74, 6) is -1.51. The first-order chi connectivity index (χ1) is 32.2. The van der Waals surface area contributed by atoms with E-state index < -0.39 is 101 Å². The Labute approximate surface area is 403 Å². The first-order valence-electron chi connectivity index (χ1n) is 21.5. The average molecular weight is 1070 g/mol. The van der Waals surface area contributed by atoms with Gasteiger partial charge in [-0.1, -0.05) is 38.5 Å². The Balaban J connectivity index is 0.895. The van der Waals surface area contributed by atoms with Gasteiger partial charge in [-0.05, 0) is 26.7 Å². The lowest BCUT2D eigenvalue weighted by molar-refractivity contribution is -0.149. The third kappa shape index (κ3) is 13.9. The fraction of sp³-hybridized carbons (Fsp3) is 0.722. The van der Waals surface area contributed by atoms with Gasteiger partial charge in [-0.2, -0.15) is 4.31 Å². The molecular formula is C36H57N10O18P3S2. The molecule has 33 heteroatoms. The van der Waals surface area contributed by atoms with Crippen LogP contribution in [0, 0.1) is 5.41 Å². The number of imidazole rings is 1. The predicted octanol–water partition coefficient (Wildman–Crippen LogP) is -0.0001000. The summed E-state index contributed by atoms with van der Waals surface area (Å²) in [7, 11) is -16.5. The molecule has 6 rings (SSSR count). The SMILES string of the molecule is CC(C)(COP(=O)(O)OP(=O)(O)OCC1OC(n2cnc3c(N)ncnc32)C(O)C1OP(=O)(O)O)C(O)C(=O)NCCC(=O)NCCSC(=O)[C@@H]1N2C(=O)[C@@H](N=CN3CCCCCC3)[C@H]2SC1(C)C. The first-order valence-corrected chi connectivity index (χ1v) is 27.9. The fourth-order valence-corrected chi connectivity index (χ4v) is 13.3. The van der Waals surface area contributed by atoms with Gasteiger partial charge in [0.1, 0.15) is 47.7 Å². The Kier molecular flexibility index (Phi) is 17.8. The molecular weight excluding hydrogens is 1020 g/mol. The van der Waals surface area contributed by atoms with E-state index in [9.17, 15) is 62.7 Å². The summed E-state index contributed by atoms with van der Waals surface area (Å²) in [6.45, 7) is 5.94. The molecule has 7 unspecified atom stereocenters. The van der Waals surface area contributed by atoms with Crippen LogP contribution in [0.1, 0.15) is 66.0 Å². The summed E-state index contributed by atoms with van der Waals surface area (Å²) in [5.41, 5.74) is 4.23. The number of fused-ring (bicyclic) bond motifs is 2. The van der Waals surface area contributed by atoms with Gasteiger partial charge in [0.25, 0.3) is 5.91 Å². The van der Waals surface area contributed by atoms with Crippen molar-refractivity contribution >= 4 is 93.1 Å². The molecule has 386 valence electrons. The van der Waals surface area contributed by atoms with Crippen molar-refractivity contribution in [2.75, 3.05) is 50.9 Å². The number of carbonyl (C=O) groups excluding carboxylic acids is 4. The molecule has 4 aliphatic heterocycles. The third-order valence-corrected chi connectivity index (χ3v) is 17.0. The smallest absolute Gasteiger partial charge is 0.386 e. The van der Waals surface area contributed by atoms with E-state index in [1.165, 1.54) is 26.7 Å². The minimum atomic E-state index is -5.60. The lowest BCUT2D eigenvalue weighted by atomic mass is 9.87. The molecule has 3 amide bonds. The van der Waals surface area contributed by atoms with Crippen LogP contribution >= 0.6 is 47.0 Å². The van der Waals surface area contributed by atoms with E-state index in [4.69, 9.17) is 19.5 Å². The molecule has 0 radical (unpaired) electrons. The van der Waals surface area contributed by atoms with E-state index in [1.54, 1.807) is 23.0 Å². The molecule has 0 spiro atoms. The number of nitrogens with two attached hydrogens (primary N) is 1. The second kappa shape index (κ2) is 22.3. The predicted molar refractivity (Wildman–Crippen MR) is 246 cm³/mol. The molecule has 69 heavy (non-hydrogen) atoms. The van der Waals surface area contributed by atoms with Gasteiger partial charge in [0.05, 0.1) is 25.9 Å². The molecule has 28 nitrogen and oxygen atoms in total. The molecule has 6 heterocycles. The lowest BCUT2D eigenvalue weighted by Crippen LogP contribution is -2.64. The minimum Gasteiger partial charge on any atom is -0.386 e. The standard InChI is InChI=1S/C36H57N10O18P3S2/c1-35(2,16-61-67(58,59)64-66(56,57)60-15-20-25(63-65(53,54)55)24(48)32(62-20)45-19-43-22-28(37)40-17-41-29(22)45)27(49)30(50)39-10-9-21(47)38-11-14-68-34(52)26-36(3,4)69-33-23(31(51)46(26)33)42-18-44-12-7-5-6-8-13-44/h17-20,23-27,32-33,48-49H,5-16H2,1-4H3,(H,38,47)(H,39,50)(H,56,57)(H,58,59)(H2,37,40,41)(H2,53,54,55)/t20?,23-,24?,25?,26+,27?,32?,33-/m1/s1. The monoisotopic (exact) mass is 1070 g/mol. The maximum Gasteiger partial charge on any atom is 0.481 e. The largest absolute Gasteiger partial charge is 0.481 e. The number of β-lactam (4-membered cyclic amide) rings is 1. The van der Waals surface area contributed by atoms with Crippen LogP contribution in [0.4, 0.5) is 5.82 Å². The van der Waals surface area contributed by atoms with Crippen LogP contribution in [-0.2, 0) is 55.5 Å². The molecule has 2 aromatic heterocycles. The number of likely N-dealkylation sites (tertiary alicyclic amines) is 1. The zero-order valence-electron chi connectivity index (χ0n) is 37.8. The van der Waals surface area contributed by atoms with Crippen LogP contribution in [0.5, 0.6) is 0 Å². The van der Waals surface area contributed by atoms with Gasteiger partial charge in [0.15, 0.2) is 23.7 Å². The van der Waals surface area contributed by atoms with Crippen LogP contribution in [-0.4, -0.2) is 180 Å². The number of amides is 3. The molecule has 2 aromatic rings. The number of nitrogens with zero attached hydrogens (tertiary/aromatic N) is 7. The van der Waals surface area contributed by atoms with Crippen LogP contribution in [0.2, 0.25) is 0 Å². The van der Waals surface area contributed by atoms with Gasteiger partial charge in [-0.3, -0.25) is 42.3 Å². The van der Waals surface area contributed by atoms with Crippen molar-refractivity contribution in [3.05, 3.63) is 12.7 Å².